The number of benzene rings is 2. The Bertz CT molecular complexity index is 1260. The predicted octanol–water partition coefficient (Wildman–Crippen LogP) is 3.11. The molecule has 5 rings (SSSR count). The monoisotopic (exact) mass is 435 g/mol. The summed E-state index contributed by atoms with van der Waals surface area (Å²) in [5, 5.41) is 5.48. The van der Waals surface area contributed by atoms with E-state index in [1.54, 1.807) is 11.6 Å². The molecule has 3 heterocycles. The van der Waals surface area contributed by atoms with Crippen LogP contribution < -0.4 is 15.4 Å². The molecule has 8 nitrogen and oxygen atoms in total. The molecule has 0 spiro atoms. The lowest BCUT2D eigenvalue weighted by Crippen LogP contribution is -2.56. The average Bonchev–Trinajstić information content (AvgIpc) is 3.19. The van der Waals surface area contributed by atoms with E-state index in [1.165, 1.54) is 12.1 Å². The SMILES string of the molecule is COc1cccc2c1nc(N)n1nc(CN3C[C@@H](C)N(c4ccc(F)cc4)[C@@H](C)C3)nc21. The van der Waals surface area contributed by atoms with E-state index in [-0.39, 0.29) is 23.8 Å². The molecule has 1 fully saturated rings. The summed E-state index contributed by atoms with van der Waals surface area (Å²) in [6.07, 6.45) is 0. The number of ether oxygens (including phenoxy) is 1. The summed E-state index contributed by atoms with van der Waals surface area (Å²) in [4.78, 5) is 13.9. The first kappa shape index (κ1) is 20.4. The molecule has 1 saturated heterocycles. The number of hydrogen-bond acceptors (Lipinski definition) is 7. The van der Waals surface area contributed by atoms with E-state index in [9.17, 15) is 4.39 Å². The van der Waals surface area contributed by atoms with E-state index in [4.69, 9.17) is 15.5 Å². The van der Waals surface area contributed by atoms with Gasteiger partial charge in [0, 0.05) is 36.2 Å². The van der Waals surface area contributed by atoms with Crippen LogP contribution in [0.1, 0.15) is 19.7 Å². The van der Waals surface area contributed by atoms with E-state index in [2.05, 4.69) is 33.7 Å². The Hall–Kier alpha value is -3.46. The fourth-order valence-electron chi connectivity index (χ4n) is 4.78. The van der Waals surface area contributed by atoms with Crippen LogP contribution >= 0.6 is 0 Å². The van der Waals surface area contributed by atoms with Crippen LogP contribution in [0.2, 0.25) is 0 Å². The standard InChI is InChI=1S/C23H26FN7O/c1-14-11-29(12-15(2)30(14)17-9-7-16(24)8-10-17)13-20-26-22-18-5-4-6-19(32-3)21(18)27-23(25)31(22)28-20/h4-10,14-15H,11-13H2,1-3H3,(H2,25,27)/t14-,15+. The molecular weight excluding hydrogens is 409 g/mol. The van der Waals surface area contributed by atoms with Crippen LogP contribution in [0, 0.1) is 5.82 Å². The zero-order valence-corrected chi connectivity index (χ0v) is 18.4. The molecule has 4 aromatic rings. The summed E-state index contributed by atoms with van der Waals surface area (Å²) in [6.45, 7) is 6.67. The molecule has 0 radical (unpaired) electrons. The molecule has 9 heteroatoms. The van der Waals surface area contributed by atoms with Gasteiger partial charge in [0.15, 0.2) is 11.5 Å². The first-order valence-electron chi connectivity index (χ1n) is 10.7. The molecule has 2 N–H and O–H groups in total. The van der Waals surface area contributed by atoms with Crippen molar-refractivity contribution >= 4 is 28.2 Å². The van der Waals surface area contributed by atoms with Crippen molar-refractivity contribution in [3.05, 3.63) is 54.1 Å². The fraction of sp³-hybridized carbons (Fsp3) is 0.348. The Labute approximate surface area is 185 Å². The number of halogens is 1. The normalized spacial score (nSPS) is 19.7. The Morgan fingerprint density at radius 3 is 2.47 bits per heavy atom. The van der Waals surface area contributed by atoms with E-state index in [0.717, 1.165) is 24.2 Å². The Kier molecular flexibility index (Phi) is 5.05. The van der Waals surface area contributed by atoms with Gasteiger partial charge < -0.3 is 15.4 Å². The van der Waals surface area contributed by atoms with Crippen molar-refractivity contribution in [2.24, 2.45) is 0 Å². The lowest BCUT2D eigenvalue weighted by atomic mass is 10.1. The van der Waals surface area contributed by atoms with E-state index in [1.807, 2.05) is 30.3 Å². The van der Waals surface area contributed by atoms with Crippen molar-refractivity contribution in [2.75, 3.05) is 30.8 Å². The molecule has 2 atom stereocenters. The minimum absolute atomic E-state index is 0.218. The number of hydrogen-bond donors (Lipinski definition) is 1. The summed E-state index contributed by atoms with van der Waals surface area (Å²) in [5.41, 5.74) is 8.56. The zero-order valence-electron chi connectivity index (χ0n) is 18.4. The number of nitrogens with zero attached hydrogens (tertiary/aromatic N) is 6. The number of methoxy groups -OCH3 is 1. The molecule has 32 heavy (non-hydrogen) atoms. The highest BCUT2D eigenvalue weighted by molar-refractivity contribution is 5.95. The molecule has 0 aliphatic carbocycles. The molecule has 1 aliphatic heterocycles. The Balaban J connectivity index is 1.41. The molecule has 1 aliphatic rings. The molecule has 166 valence electrons. The highest BCUT2D eigenvalue weighted by Gasteiger charge is 2.30. The number of anilines is 2. The quantitative estimate of drug-likeness (QED) is 0.527. The second-order valence-corrected chi connectivity index (χ2v) is 8.37. The van der Waals surface area contributed by atoms with Crippen molar-refractivity contribution in [3.8, 4) is 5.75 Å². The number of piperazine rings is 1. The van der Waals surface area contributed by atoms with Crippen molar-refractivity contribution in [2.45, 2.75) is 32.5 Å². The minimum atomic E-state index is -0.218. The van der Waals surface area contributed by atoms with Gasteiger partial charge in [0.2, 0.25) is 5.95 Å². The summed E-state index contributed by atoms with van der Waals surface area (Å²) in [6, 6.07) is 12.9. The van der Waals surface area contributed by atoms with Gasteiger partial charge >= 0.3 is 0 Å². The van der Waals surface area contributed by atoms with Crippen molar-refractivity contribution in [3.63, 3.8) is 0 Å². The van der Waals surface area contributed by atoms with Gasteiger partial charge in [-0.15, -0.1) is 5.10 Å². The van der Waals surface area contributed by atoms with Crippen LogP contribution in [-0.2, 0) is 6.54 Å². The summed E-state index contributed by atoms with van der Waals surface area (Å²) >= 11 is 0. The molecule has 0 saturated carbocycles. The van der Waals surface area contributed by atoms with Crippen molar-refractivity contribution in [1.82, 2.24) is 24.5 Å². The predicted molar refractivity (Wildman–Crippen MR) is 122 cm³/mol. The lowest BCUT2D eigenvalue weighted by molar-refractivity contribution is 0.188. The topological polar surface area (TPSA) is 84.8 Å². The molecule has 0 amide bonds. The van der Waals surface area contributed by atoms with Gasteiger partial charge in [-0.25, -0.2) is 14.4 Å². The first-order valence-corrected chi connectivity index (χ1v) is 10.7. The van der Waals surface area contributed by atoms with E-state index < -0.39 is 0 Å². The number of nitrogen functional groups attached to an aromatic ring is 1. The fourth-order valence-corrected chi connectivity index (χ4v) is 4.78. The summed E-state index contributed by atoms with van der Waals surface area (Å²) < 4.78 is 20.4. The van der Waals surface area contributed by atoms with Gasteiger partial charge in [0.05, 0.1) is 13.7 Å². The molecule has 2 aromatic heterocycles. The molecule has 0 bridgehead atoms. The van der Waals surface area contributed by atoms with Gasteiger partial charge in [0.25, 0.3) is 0 Å². The third-order valence-electron chi connectivity index (χ3n) is 6.04. The highest BCUT2D eigenvalue weighted by atomic mass is 19.1. The van der Waals surface area contributed by atoms with Crippen LogP contribution in [0.5, 0.6) is 5.75 Å². The van der Waals surface area contributed by atoms with Crippen LogP contribution in [0.25, 0.3) is 16.6 Å². The average molecular weight is 436 g/mol. The minimum Gasteiger partial charge on any atom is -0.494 e. The van der Waals surface area contributed by atoms with Gasteiger partial charge in [-0.2, -0.15) is 4.52 Å². The van der Waals surface area contributed by atoms with Crippen LogP contribution in [-0.4, -0.2) is 56.8 Å². The van der Waals surface area contributed by atoms with Gasteiger partial charge in [0.1, 0.15) is 17.1 Å². The van der Waals surface area contributed by atoms with Crippen LogP contribution in [0.4, 0.5) is 16.0 Å². The maximum atomic E-state index is 13.3. The highest BCUT2D eigenvalue weighted by Crippen LogP contribution is 2.28. The smallest absolute Gasteiger partial charge is 0.223 e. The second-order valence-electron chi connectivity index (χ2n) is 8.37. The lowest BCUT2D eigenvalue weighted by Gasteiger charge is -2.45. The third-order valence-corrected chi connectivity index (χ3v) is 6.04. The molecule has 0 unspecified atom stereocenters. The number of para-hydroxylation sites is 1. The summed E-state index contributed by atoms with van der Waals surface area (Å²) in [5.74, 6) is 1.41. The van der Waals surface area contributed by atoms with Gasteiger partial charge in [-0.1, -0.05) is 6.07 Å². The number of aromatic nitrogens is 4. The number of nitrogens with two attached hydrogens (primary N) is 1. The molecule has 2 aromatic carbocycles. The number of fused-ring (bicyclic) bond motifs is 3. The van der Waals surface area contributed by atoms with Crippen LogP contribution in [0.3, 0.4) is 0 Å². The Morgan fingerprint density at radius 1 is 1.06 bits per heavy atom. The van der Waals surface area contributed by atoms with Crippen LogP contribution in [0.15, 0.2) is 42.5 Å². The maximum Gasteiger partial charge on any atom is 0.223 e. The molecular formula is C23H26FN7O. The zero-order chi connectivity index (χ0) is 22.4. The van der Waals surface area contributed by atoms with Crippen molar-refractivity contribution in [1.29, 1.82) is 0 Å². The largest absolute Gasteiger partial charge is 0.494 e. The summed E-state index contributed by atoms with van der Waals surface area (Å²) in [7, 11) is 1.61. The van der Waals surface area contributed by atoms with E-state index >= 15 is 0 Å². The van der Waals surface area contributed by atoms with Gasteiger partial charge in [-0.05, 0) is 50.2 Å². The maximum absolute atomic E-state index is 13.3. The van der Waals surface area contributed by atoms with Crippen molar-refractivity contribution < 1.29 is 9.13 Å². The van der Waals surface area contributed by atoms with Gasteiger partial charge in [-0.3, -0.25) is 4.90 Å². The number of rotatable bonds is 4. The third kappa shape index (κ3) is 3.48. The Morgan fingerprint density at radius 2 is 1.78 bits per heavy atom. The second kappa shape index (κ2) is 7.90. The first-order chi connectivity index (χ1) is 15.4. The van der Waals surface area contributed by atoms with E-state index in [0.29, 0.717) is 29.3 Å².